The van der Waals surface area contributed by atoms with Crippen molar-refractivity contribution in [1.29, 1.82) is 0 Å². The number of hydrogen-bond donors (Lipinski definition) is 1. The molecule has 1 aliphatic rings. The zero-order valence-electron chi connectivity index (χ0n) is 10.3. The summed E-state index contributed by atoms with van der Waals surface area (Å²) in [5.41, 5.74) is 9.76. The maximum atomic E-state index is 5.75. The van der Waals surface area contributed by atoms with Gasteiger partial charge in [-0.15, -0.1) is 0 Å². The Labute approximate surface area is 106 Å². The first-order valence-corrected chi connectivity index (χ1v) is 6.06. The Bertz CT molecular complexity index is 596. The van der Waals surface area contributed by atoms with Crippen LogP contribution in [0.5, 0.6) is 5.75 Å². The van der Waals surface area contributed by atoms with Gasteiger partial charge in [0.25, 0.3) is 0 Å². The van der Waals surface area contributed by atoms with Crippen molar-refractivity contribution in [3.63, 3.8) is 0 Å². The largest absolute Gasteiger partial charge is 0.496 e. The number of anilines is 1. The normalized spacial score (nSPS) is 13.4. The SMILES string of the molecule is COc1cc(N)ccc1-c1ncc2c(n1)CCC2. The molecule has 0 unspecified atom stereocenters. The maximum absolute atomic E-state index is 5.75. The third-order valence-corrected chi connectivity index (χ3v) is 3.28. The predicted octanol–water partition coefficient (Wildman–Crippen LogP) is 2.22. The van der Waals surface area contributed by atoms with Crippen LogP contribution in [0.2, 0.25) is 0 Å². The van der Waals surface area contributed by atoms with Crippen molar-refractivity contribution in [2.24, 2.45) is 0 Å². The molecule has 4 nitrogen and oxygen atoms in total. The van der Waals surface area contributed by atoms with Crippen LogP contribution >= 0.6 is 0 Å². The number of rotatable bonds is 2. The summed E-state index contributed by atoms with van der Waals surface area (Å²) in [6.07, 6.45) is 5.24. The third kappa shape index (κ3) is 1.79. The van der Waals surface area contributed by atoms with Gasteiger partial charge in [-0.3, -0.25) is 0 Å². The van der Waals surface area contributed by atoms with Crippen LogP contribution in [0, 0.1) is 0 Å². The molecule has 0 saturated heterocycles. The molecule has 92 valence electrons. The monoisotopic (exact) mass is 241 g/mol. The Morgan fingerprint density at radius 1 is 1.28 bits per heavy atom. The van der Waals surface area contributed by atoms with E-state index in [1.807, 2.05) is 18.3 Å². The van der Waals surface area contributed by atoms with Crippen molar-refractivity contribution in [2.75, 3.05) is 12.8 Å². The Morgan fingerprint density at radius 3 is 3.00 bits per heavy atom. The van der Waals surface area contributed by atoms with E-state index < -0.39 is 0 Å². The predicted molar refractivity (Wildman–Crippen MR) is 70.5 cm³/mol. The minimum Gasteiger partial charge on any atom is -0.496 e. The van der Waals surface area contributed by atoms with Crippen molar-refractivity contribution in [3.8, 4) is 17.1 Å². The number of benzene rings is 1. The molecule has 2 N–H and O–H groups in total. The van der Waals surface area contributed by atoms with Crippen LogP contribution in [0.4, 0.5) is 5.69 Å². The number of nitrogen functional groups attached to an aromatic ring is 1. The lowest BCUT2D eigenvalue weighted by atomic mass is 10.1. The molecule has 2 aromatic rings. The van der Waals surface area contributed by atoms with Crippen molar-refractivity contribution in [3.05, 3.63) is 35.7 Å². The lowest BCUT2D eigenvalue weighted by molar-refractivity contribution is 0.416. The number of nitrogens with zero attached hydrogens (tertiary/aromatic N) is 2. The molecular weight excluding hydrogens is 226 g/mol. The molecule has 18 heavy (non-hydrogen) atoms. The van der Waals surface area contributed by atoms with Gasteiger partial charge in [0.2, 0.25) is 0 Å². The minimum absolute atomic E-state index is 0.678. The van der Waals surface area contributed by atoms with E-state index >= 15 is 0 Å². The molecule has 1 heterocycles. The highest BCUT2D eigenvalue weighted by atomic mass is 16.5. The number of nitrogens with two attached hydrogens (primary N) is 1. The Morgan fingerprint density at radius 2 is 2.17 bits per heavy atom. The quantitative estimate of drug-likeness (QED) is 0.819. The average molecular weight is 241 g/mol. The van der Waals surface area contributed by atoms with Crippen LogP contribution in [-0.2, 0) is 12.8 Å². The van der Waals surface area contributed by atoms with Gasteiger partial charge in [-0.2, -0.15) is 0 Å². The number of ether oxygens (including phenoxy) is 1. The summed E-state index contributed by atoms with van der Waals surface area (Å²) in [6.45, 7) is 0. The highest BCUT2D eigenvalue weighted by Gasteiger charge is 2.16. The number of aryl methyl sites for hydroxylation is 2. The van der Waals surface area contributed by atoms with E-state index in [2.05, 4.69) is 9.97 Å². The van der Waals surface area contributed by atoms with E-state index in [0.717, 1.165) is 18.4 Å². The molecule has 0 amide bonds. The summed E-state index contributed by atoms with van der Waals surface area (Å²) >= 11 is 0. The molecule has 0 aliphatic heterocycles. The van der Waals surface area contributed by atoms with Crippen molar-refractivity contribution in [2.45, 2.75) is 19.3 Å². The van der Waals surface area contributed by atoms with Gasteiger partial charge >= 0.3 is 0 Å². The van der Waals surface area contributed by atoms with Crippen molar-refractivity contribution in [1.82, 2.24) is 9.97 Å². The summed E-state index contributed by atoms with van der Waals surface area (Å²) in [7, 11) is 1.63. The molecule has 4 heteroatoms. The molecule has 1 aromatic heterocycles. The van der Waals surface area contributed by atoms with E-state index in [1.165, 1.54) is 17.7 Å². The summed E-state index contributed by atoms with van der Waals surface area (Å²) in [6, 6.07) is 5.55. The molecule has 1 aliphatic carbocycles. The fourth-order valence-electron chi connectivity index (χ4n) is 2.34. The molecule has 0 spiro atoms. The van der Waals surface area contributed by atoms with Crippen LogP contribution in [0.25, 0.3) is 11.4 Å². The summed E-state index contributed by atoms with van der Waals surface area (Å²) in [4.78, 5) is 9.06. The van der Waals surface area contributed by atoms with Crippen LogP contribution < -0.4 is 10.5 Å². The van der Waals surface area contributed by atoms with E-state index in [9.17, 15) is 0 Å². The van der Waals surface area contributed by atoms with Gasteiger partial charge in [-0.05, 0) is 37.0 Å². The maximum Gasteiger partial charge on any atom is 0.163 e. The smallest absolute Gasteiger partial charge is 0.163 e. The fraction of sp³-hybridized carbons (Fsp3) is 0.286. The van der Waals surface area contributed by atoms with Gasteiger partial charge in [-0.25, -0.2) is 9.97 Å². The van der Waals surface area contributed by atoms with E-state index in [-0.39, 0.29) is 0 Å². The first kappa shape index (κ1) is 11.0. The Balaban J connectivity index is 2.09. The molecule has 1 aromatic carbocycles. The zero-order valence-corrected chi connectivity index (χ0v) is 10.3. The van der Waals surface area contributed by atoms with Gasteiger partial charge in [-0.1, -0.05) is 0 Å². The van der Waals surface area contributed by atoms with Gasteiger partial charge in [0.15, 0.2) is 5.82 Å². The second-order valence-corrected chi connectivity index (χ2v) is 4.48. The standard InChI is InChI=1S/C14H15N3O/c1-18-13-7-10(15)5-6-11(13)14-16-8-9-3-2-4-12(9)17-14/h5-8H,2-4,15H2,1H3. The van der Waals surface area contributed by atoms with Crippen LogP contribution in [0.1, 0.15) is 17.7 Å². The lowest BCUT2D eigenvalue weighted by Gasteiger charge is -2.09. The number of fused-ring (bicyclic) bond motifs is 1. The molecule has 0 fully saturated rings. The van der Waals surface area contributed by atoms with Crippen LogP contribution in [-0.4, -0.2) is 17.1 Å². The molecule has 0 saturated carbocycles. The topological polar surface area (TPSA) is 61.0 Å². The van der Waals surface area contributed by atoms with Gasteiger partial charge in [0.1, 0.15) is 5.75 Å². The highest BCUT2D eigenvalue weighted by molar-refractivity contribution is 5.68. The summed E-state index contributed by atoms with van der Waals surface area (Å²) in [5, 5.41) is 0. The fourth-order valence-corrected chi connectivity index (χ4v) is 2.34. The third-order valence-electron chi connectivity index (χ3n) is 3.28. The first-order valence-electron chi connectivity index (χ1n) is 6.06. The first-order chi connectivity index (χ1) is 8.78. The van der Waals surface area contributed by atoms with Crippen molar-refractivity contribution < 1.29 is 4.74 Å². The number of methoxy groups -OCH3 is 1. The van der Waals surface area contributed by atoms with Gasteiger partial charge in [0.05, 0.1) is 12.7 Å². The summed E-state index contributed by atoms with van der Waals surface area (Å²) in [5.74, 6) is 1.43. The number of aromatic nitrogens is 2. The molecule has 0 bridgehead atoms. The molecule has 0 radical (unpaired) electrons. The van der Waals surface area contributed by atoms with E-state index in [4.69, 9.17) is 10.5 Å². The van der Waals surface area contributed by atoms with E-state index in [0.29, 0.717) is 17.3 Å². The molecule has 3 rings (SSSR count). The summed E-state index contributed by atoms with van der Waals surface area (Å²) < 4.78 is 5.34. The lowest BCUT2D eigenvalue weighted by Crippen LogP contribution is -1.98. The molecule has 0 atom stereocenters. The van der Waals surface area contributed by atoms with E-state index in [1.54, 1.807) is 13.2 Å². The van der Waals surface area contributed by atoms with Crippen LogP contribution in [0.15, 0.2) is 24.4 Å². The van der Waals surface area contributed by atoms with Crippen LogP contribution in [0.3, 0.4) is 0 Å². The second-order valence-electron chi connectivity index (χ2n) is 4.48. The Hall–Kier alpha value is -2.10. The number of hydrogen-bond acceptors (Lipinski definition) is 4. The second kappa shape index (κ2) is 4.29. The minimum atomic E-state index is 0.678. The highest BCUT2D eigenvalue weighted by Crippen LogP contribution is 2.30. The van der Waals surface area contributed by atoms with Gasteiger partial charge in [0, 0.05) is 23.6 Å². The van der Waals surface area contributed by atoms with Gasteiger partial charge < -0.3 is 10.5 Å². The average Bonchev–Trinajstić information content (AvgIpc) is 2.85. The Kier molecular flexibility index (Phi) is 2.63. The molecular formula is C14H15N3O. The zero-order chi connectivity index (χ0) is 12.5. The van der Waals surface area contributed by atoms with Crippen molar-refractivity contribution >= 4 is 5.69 Å².